The zero-order valence-electron chi connectivity index (χ0n) is 14.6. The Bertz CT molecular complexity index is 886. The van der Waals surface area contributed by atoms with Gasteiger partial charge < -0.3 is 10.0 Å². The quantitative estimate of drug-likeness (QED) is 0.931. The first-order valence-electron chi connectivity index (χ1n) is 8.91. The average molecular weight is 338 g/mol. The second kappa shape index (κ2) is 5.83. The predicted octanol–water partition coefficient (Wildman–Crippen LogP) is 3.42. The Kier molecular flexibility index (Phi) is 3.74. The predicted molar refractivity (Wildman–Crippen MR) is 94.9 cm³/mol. The van der Waals surface area contributed by atoms with Gasteiger partial charge in [0, 0.05) is 23.5 Å². The van der Waals surface area contributed by atoms with Crippen LogP contribution in [0.25, 0.3) is 10.9 Å². The number of likely N-dealkylation sites (tertiary alicyclic amines) is 1. The molecule has 0 radical (unpaired) electrons. The highest BCUT2D eigenvalue weighted by Crippen LogP contribution is 2.41. The van der Waals surface area contributed by atoms with Crippen LogP contribution in [-0.2, 0) is 4.79 Å². The van der Waals surface area contributed by atoms with Crippen molar-refractivity contribution in [2.75, 3.05) is 6.54 Å². The van der Waals surface area contributed by atoms with Gasteiger partial charge in [0.2, 0.25) is 0 Å². The summed E-state index contributed by atoms with van der Waals surface area (Å²) >= 11 is 0. The molecule has 2 heterocycles. The number of carbonyl (C=O) groups excluding carboxylic acids is 1. The molecule has 2 fully saturated rings. The van der Waals surface area contributed by atoms with Crippen LogP contribution in [0.4, 0.5) is 0 Å². The Morgan fingerprint density at radius 2 is 1.92 bits per heavy atom. The van der Waals surface area contributed by atoms with Crippen molar-refractivity contribution in [1.29, 1.82) is 0 Å². The van der Waals surface area contributed by atoms with Crippen molar-refractivity contribution in [2.24, 2.45) is 0 Å². The Balaban J connectivity index is 1.87. The van der Waals surface area contributed by atoms with E-state index in [9.17, 15) is 14.7 Å². The second-order valence-corrected chi connectivity index (χ2v) is 7.34. The van der Waals surface area contributed by atoms with Crippen molar-refractivity contribution in [3.63, 3.8) is 0 Å². The number of nitrogens with zero attached hydrogens (tertiary/aromatic N) is 2. The van der Waals surface area contributed by atoms with E-state index < -0.39 is 12.0 Å². The normalized spacial score (nSPS) is 20.2. The zero-order valence-corrected chi connectivity index (χ0v) is 14.6. The van der Waals surface area contributed by atoms with E-state index in [1.807, 2.05) is 26.0 Å². The molecule has 2 aliphatic rings. The topological polar surface area (TPSA) is 70.5 Å². The molecule has 0 bridgehead atoms. The molecule has 1 aromatic heterocycles. The van der Waals surface area contributed by atoms with Crippen molar-refractivity contribution < 1.29 is 14.7 Å². The molecule has 5 heteroatoms. The van der Waals surface area contributed by atoms with Crippen LogP contribution >= 0.6 is 0 Å². The lowest BCUT2D eigenvalue weighted by Gasteiger charge is -2.23. The van der Waals surface area contributed by atoms with E-state index in [0.29, 0.717) is 24.4 Å². The number of hydrogen-bond donors (Lipinski definition) is 1. The van der Waals surface area contributed by atoms with Gasteiger partial charge in [0.25, 0.3) is 5.91 Å². The minimum absolute atomic E-state index is 0.177. The molecule has 1 aliphatic carbocycles. The fraction of sp³-hybridized carbons (Fsp3) is 0.450. The molecule has 1 amide bonds. The van der Waals surface area contributed by atoms with Gasteiger partial charge in [-0.05, 0) is 57.2 Å². The highest BCUT2D eigenvalue weighted by atomic mass is 16.4. The van der Waals surface area contributed by atoms with Crippen LogP contribution < -0.4 is 0 Å². The number of rotatable bonds is 3. The number of amides is 1. The molecule has 1 N–H and O–H groups in total. The third-order valence-corrected chi connectivity index (χ3v) is 5.29. The van der Waals surface area contributed by atoms with E-state index in [-0.39, 0.29) is 5.91 Å². The first-order chi connectivity index (χ1) is 12.0. The Hall–Kier alpha value is -2.43. The van der Waals surface area contributed by atoms with Gasteiger partial charge in [0.05, 0.1) is 11.1 Å². The first-order valence-corrected chi connectivity index (χ1v) is 8.91. The van der Waals surface area contributed by atoms with Gasteiger partial charge in [-0.3, -0.25) is 9.78 Å². The van der Waals surface area contributed by atoms with Crippen molar-refractivity contribution in [3.05, 3.63) is 40.6 Å². The number of carbonyl (C=O) groups is 2. The maximum Gasteiger partial charge on any atom is 0.326 e. The zero-order chi connectivity index (χ0) is 17.7. The summed E-state index contributed by atoms with van der Waals surface area (Å²) in [6.45, 7) is 4.53. The molecule has 130 valence electrons. The van der Waals surface area contributed by atoms with E-state index >= 15 is 0 Å². The van der Waals surface area contributed by atoms with Gasteiger partial charge in [-0.15, -0.1) is 0 Å². The average Bonchev–Trinajstić information content (AvgIpc) is 3.29. The van der Waals surface area contributed by atoms with Crippen LogP contribution in [0.1, 0.15) is 58.8 Å². The maximum absolute atomic E-state index is 13.2. The van der Waals surface area contributed by atoms with E-state index in [2.05, 4.69) is 6.07 Å². The van der Waals surface area contributed by atoms with Crippen LogP contribution in [0.5, 0.6) is 0 Å². The summed E-state index contributed by atoms with van der Waals surface area (Å²) in [4.78, 5) is 31.1. The second-order valence-electron chi connectivity index (χ2n) is 7.34. The monoisotopic (exact) mass is 338 g/mol. The molecule has 4 rings (SSSR count). The number of pyridine rings is 1. The number of carboxylic acids is 1. The third kappa shape index (κ3) is 2.77. The lowest BCUT2D eigenvalue weighted by molar-refractivity contribution is -0.141. The minimum Gasteiger partial charge on any atom is -0.480 e. The number of aliphatic carboxylic acids is 1. The van der Waals surface area contributed by atoms with Gasteiger partial charge in [0.15, 0.2) is 0 Å². The lowest BCUT2D eigenvalue weighted by Crippen LogP contribution is -2.40. The smallest absolute Gasteiger partial charge is 0.326 e. The number of aryl methyl sites for hydroxylation is 2. The number of aromatic nitrogens is 1. The summed E-state index contributed by atoms with van der Waals surface area (Å²) in [6.07, 6.45) is 3.48. The lowest BCUT2D eigenvalue weighted by atomic mass is 9.99. The molecule has 1 saturated carbocycles. The summed E-state index contributed by atoms with van der Waals surface area (Å²) in [5.74, 6) is -0.659. The fourth-order valence-corrected chi connectivity index (χ4v) is 3.89. The highest BCUT2D eigenvalue weighted by molar-refractivity contribution is 6.08. The van der Waals surface area contributed by atoms with Crippen LogP contribution in [0.2, 0.25) is 0 Å². The van der Waals surface area contributed by atoms with E-state index in [4.69, 9.17) is 4.98 Å². The molecule has 2 aromatic rings. The number of fused-ring (bicyclic) bond motifs is 1. The summed E-state index contributed by atoms with van der Waals surface area (Å²) in [5, 5.41) is 10.3. The molecule has 25 heavy (non-hydrogen) atoms. The highest BCUT2D eigenvalue weighted by Gasteiger charge is 2.36. The number of carboxylic acid groups (broad SMARTS) is 1. The SMILES string of the molecule is Cc1cc(C)c2nc(C3CC3)cc(C(=O)N3CCC[C@@H]3C(=O)O)c2c1. The van der Waals surface area contributed by atoms with Crippen molar-refractivity contribution >= 4 is 22.8 Å². The molecular formula is C20H22N2O3. The van der Waals surface area contributed by atoms with Crippen LogP contribution in [0.3, 0.4) is 0 Å². The van der Waals surface area contributed by atoms with Crippen molar-refractivity contribution in [3.8, 4) is 0 Å². The first kappa shape index (κ1) is 16.1. The summed E-state index contributed by atoms with van der Waals surface area (Å²) < 4.78 is 0. The van der Waals surface area contributed by atoms with Crippen LogP contribution in [0.15, 0.2) is 18.2 Å². The van der Waals surface area contributed by atoms with E-state index in [0.717, 1.165) is 47.0 Å². The molecular weight excluding hydrogens is 316 g/mol. The summed E-state index contributed by atoms with van der Waals surface area (Å²) in [5.41, 5.74) is 4.57. The Morgan fingerprint density at radius 1 is 1.16 bits per heavy atom. The fourth-order valence-electron chi connectivity index (χ4n) is 3.89. The van der Waals surface area contributed by atoms with Crippen molar-refractivity contribution in [1.82, 2.24) is 9.88 Å². The maximum atomic E-state index is 13.2. The van der Waals surface area contributed by atoms with Crippen molar-refractivity contribution in [2.45, 2.75) is 51.5 Å². The molecule has 0 spiro atoms. The molecule has 1 atom stereocenters. The van der Waals surface area contributed by atoms with Gasteiger partial charge >= 0.3 is 5.97 Å². The Morgan fingerprint density at radius 3 is 2.60 bits per heavy atom. The van der Waals surface area contributed by atoms with Gasteiger partial charge in [0.1, 0.15) is 6.04 Å². The molecule has 1 saturated heterocycles. The van der Waals surface area contributed by atoms with E-state index in [1.165, 1.54) is 4.90 Å². The van der Waals surface area contributed by atoms with Crippen LogP contribution in [0, 0.1) is 13.8 Å². The van der Waals surface area contributed by atoms with Gasteiger partial charge in [-0.2, -0.15) is 0 Å². The molecule has 1 aromatic carbocycles. The summed E-state index contributed by atoms with van der Waals surface area (Å²) in [6, 6.07) is 5.26. The van der Waals surface area contributed by atoms with E-state index in [1.54, 1.807) is 0 Å². The summed E-state index contributed by atoms with van der Waals surface area (Å²) in [7, 11) is 0. The van der Waals surface area contributed by atoms with Crippen LogP contribution in [-0.4, -0.2) is 39.5 Å². The molecule has 0 unspecified atom stereocenters. The van der Waals surface area contributed by atoms with Gasteiger partial charge in [-0.25, -0.2) is 4.79 Å². The minimum atomic E-state index is -0.918. The standard InChI is InChI=1S/C20H22N2O3/c1-11-8-12(2)18-14(9-11)15(10-16(21-18)13-5-6-13)19(23)22-7-3-4-17(22)20(24)25/h8-10,13,17H,3-7H2,1-2H3,(H,24,25)/t17-/m1/s1. The number of hydrogen-bond acceptors (Lipinski definition) is 3. The van der Waals surface area contributed by atoms with Gasteiger partial charge in [-0.1, -0.05) is 11.6 Å². The molecule has 1 aliphatic heterocycles. The molecule has 5 nitrogen and oxygen atoms in total. The number of benzene rings is 1. The largest absolute Gasteiger partial charge is 0.480 e. The third-order valence-electron chi connectivity index (χ3n) is 5.29. The Labute approximate surface area is 146 Å².